The molecule has 5 fully saturated rings. The Morgan fingerprint density at radius 2 is 1.56 bits per heavy atom. The van der Waals surface area contributed by atoms with Gasteiger partial charge in [-0.25, -0.2) is 0 Å². The van der Waals surface area contributed by atoms with Gasteiger partial charge in [-0.05, 0) is 80.5 Å². The van der Waals surface area contributed by atoms with Crippen LogP contribution in [-0.4, -0.2) is 0 Å². The highest BCUT2D eigenvalue weighted by atomic mass is 14.5. The zero-order chi connectivity index (χ0) is 10.5. The number of hydrogen-bond donors (Lipinski definition) is 0. The summed E-state index contributed by atoms with van der Waals surface area (Å²) >= 11 is 0. The lowest BCUT2D eigenvalue weighted by atomic mass is 9.57. The first-order chi connectivity index (χ1) is 7.90. The first-order valence-electron chi connectivity index (χ1n) is 7.74. The highest BCUT2D eigenvalue weighted by Gasteiger charge is 2.45. The molecule has 89 valence electrons. The van der Waals surface area contributed by atoms with E-state index in [0.29, 0.717) is 0 Å². The summed E-state index contributed by atoms with van der Waals surface area (Å²) in [6.45, 7) is 0. The summed E-state index contributed by atoms with van der Waals surface area (Å²) in [5.41, 5.74) is 0. The third-order valence-electron chi connectivity index (χ3n) is 6.45. The third kappa shape index (κ3) is 1.48. The van der Waals surface area contributed by atoms with Crippen molar-refractivity contribution >= 4 is 0 Å². The van der Waals surface area contributed by atoms with Crippen LogP contribution < -0.4 is 0 Å². The van der Waals surface area contributed by atoms with Crippen molar-refractivity contribution in [2.45, 2.75) is 64.2 Å². The summed E-state index contributed by atoms with van der Waals surface area (Å²) < 4.78 is 0. The molecule has 0 spiro atoms. The fourth-order valence-electron chi connectivity index (χ4n) is 5.61. The summed E-state index contributed by atoms with van der Waals surface area (Å²) in [6.07, 6.45) is 15.7. The van der Waals surface area contributed by atoms with Gasteiger partial charge in [0.2, 0.25) is 0 Å². The van der Waals surface area contributed by atoms with Crippen LogP contribution in [0.1, 0.15) is 64.2 Å². The Balaban J connectivity index is 1.52. The molecule has 0 heterocycles. The minimum absolute atomic E-state index is 1.09. The zero-order valence-electron chi connectivity index (χ0n) is 10.5. The van der Waals surface area contributed by atoms with Gasteiger partial charge in [-0.1, -0.05) is 19.3 Å². The molecule has 5 rings (SSSR count). The Kier molecular flexibility index (Phi) is 2.34. The predicted octanol–water partition coefficient (Wildman–Crippen LogP) is 4.60. The molecule has 0 aromatic carbocycles. The normalized spacial score (nSPS) is 52.1. The van der Waals surface area contributed by atoms with Gasteiger partial charge in [0.15, 0.2) is 0 Å². The van der Waals surface area contributed by atoms with Crippen molar-refractivity contribution in [3.63, 3.8) is 0 Å². The van der Waals surface area contributed by atoms with E-state index >= 15 is 0 Å². The lowest BCUT2D eigenvalue weighted by molar-refractivity contribution is 0.0505. The smallest absolute Gasteiger partial charge is 0.0204 e. The number of rotatable bonds is 1. The van der Waals surface area contributed by atoms with Crippen LogP contribution in [0.5, 0.6) is 0 Å². The topological polar surface area (TPSA) is 0 Å². The van der Waals surface area contributed by atoms with E-state index in [1.807, 2.05) is 5.92 Å². The molecule has 5 aliphatic rings. The van der Waals surface area contributed by atoms with E-state index in [-0.39, 0.29) is 0 Å². The van der Waals surface area contributed by atoms with Gasteiger partial charge in [0.05, 0.1) is 0 Å². The summed E-state index contributed by atoms with van der Waals surface area (Å²) in [6, 6.07) is 0. The maximum Gasteiger partial charge on any atom is -0.0204 e. The molecule has 0 aliphatic heterocycles. The fraction of sp³-hybridized carbons (Fsp3) is 0.938. The third-order valence-corrected chi connectivity index (χ3v) is 6.45. The van der Waals surface area contributed by atoms with Gasteiger partial charge < -0.3 is 0 Å². The van der Waals surface area contributed by atoms with Crippen LogP contribution in [0.25, 0.3) is 0 Å². The monoisotopic (exact) mass is 217 g/mol. The first kappa shape index (κ1) is 9.97. The molecular formula is C16H25. The Morgan fingerprint density at radius 1 is 0.750 bits per heavy atom. The predicted molar refractivity (Wildman–Crippen MR) is 66.9 cm³/mol. The second kappa shape index (κ2) is 3.75. The summed E-state index contributed by atoms with van der Waals surface area (Å²) in [5, 5.41) is 0. The van der Waals surface area contributed by atoms with Crippen LogP contribution in [-0.2, 0) is 0 Å². The van der Waals surface area contributed by atoms with E-state index in [4.69, 9.17) is 0 Å². The minimum atomic E-state index is 1.09. The molecule has 0 aromatic rings. The van der Waals surface area contributed by atoms with Gasteiger partial charge in [0.1, 0.15) is 0 Å². The fourth-order valence-corrected chi connectivity index (χ4v) is 5.61. The Labute approximate surface area is 100 Å². The van der Waals surface area contributed by atoms with E-state index in [2.05, 4.69) is 0 Å². The maximum absolute atomic E-state index is 2.02. The average Bonchev–Trinajstić information content (AvgIpc) is 2.73. The molecule has 0 N–H and O–H groups in total. The number of hydrogen-bond acceptors (Lipinski definition) is 0. The van der Waals surface area contributed by atoms with Gasteiger partial charge in [-0.3, -0.25) is 0 Å². The van der Waals surface area contributed by atoms with Crippen LogP contribution in [0.4, 0.5) is 0 Å². The van der Waals surface area contributed by atoms with Crippen LogP contribution in [0, 0.1) is 35.5 Å². The van der Waals surface area contributed by atoms with E-state index in [1.165, 1.54) is 6.42 Å². The van der Waals surface area contributed by atoms with E-state index in [1.54, 1.807) is 57.8 Å². The Hall–Kier alpha value is 0. The molecular weight excluding hydrogens is 192 g/mol. The standard InChI is InChI=1S/C16H25/c1-5-13-6-2-12(1)10-16(13)15-8-4-11-3-7-14(15)9-11/h11-13,15-16H,1-10H2. The van der Waals surface area contributed by atoms with Crippen molar-refractivity contribution in [1.29, 1.82) is 0 Å². The van der Waals surface area contributed by atoms with E-state index in [9.17, 15) is 0 Å². The summed E-state index contributed by atoms with van der Waals surface area (Å²) in [4.78, 5) is 0. The molecule has 4 bridgehead atoms. The molecule has 1 radical (unpaired) electrons. The van der Waals surface area contributed by atoms with Crippen LogP contribution >= 0.6 is 0 Å². The highest BCUT2D eigenvalue weighted by molar-refractivity contribution is 5.10. The summed E-state index contributed by atoms with van der Waals surface area (Å²) in [5.74, 6) is 7.64. The van der Waals surface area contributed by atoms with Gasteiger partial charge >= 0.3 is 0 Å². The van der Waals surface area contributed by atoms with E-state index < -0.39 is 0 Å². The summed E-state index contributed by atoms with van der Waals surface area (Å²) in [7, 11) is 0. The molecule has 0 heteroatoms. The SMILES string of the molecule is C1CC2CCC(C3CC4CCC3CC4)[C]1C2. The van der Waals surface area contributed by atoms with Gasteiger partial charge in [-0.15, -0.1) is 0 Å². The van der Waals surface area contributed by atoms with Gasteiger partial charge in [0, 0.05) is 0 Å². The molecule has 16 heavy (non-hydrogen) atoms. The second-order valence-electron chi connectivity index (χ2n) is 7.13. The van der Waals surface area contributed by atoms with Crippen molar-refractivity contribution in [3.05, 3.63) is 5.92 Å². The lowest BCUT2D eigenvalue weighted by Gasteiger charge is -2.48. The average molecular weight is 217 g/mol. The largest absolute Gasteiger partial charge is 0.0502 e. The minimum Gasteiger partial charge on any atom is -0.0502 e. The van der Waals surface area contributed by atoms with Crippen molar-refractivity contribution in [2.75, 3.05) is 0 Å². The first-order valence-corrected chi connectivity index (χ1v) is 7.74. The van der Waals surface area contributed by atoms with Crippen LogP contribution in [0.15, 0.2) is 0 Å². The molecule has 0 nitrogen and oxygen atoms in total. The Morgan fingerprint density at radius 3 is 2.31 bits per heavy atom. The molecule has 3 atom stereocenters. The zero-order valence-corrected chi connectivity index (χ0v) is 10.5. The van der Waals surface area contributed by atoms with Crippen LogP contribution in [0.3, 0.4) is 0 Å². The van der Waals surface area contributed by atoms with Crippen molar-refractivity contribution in [2.24, 2.45) is 29.6 Å². The molecule has 5 saturated carbocycles. The molecule has 0 amide bonds. The number of fused-ring (bicyclic) bond motifs is 5. The quantitative estimate of drug-likeness (QED) is 0.602. The molecule has 3 unspecified atom stereocenters. The molecule has 0 aromatic heterocycles. The molecule has 0 saturated heterocycles. The van der Waals surface area contributed by atoms with Crippen molar-refractivity contribution in [3.8, 4) is 0 Å². The van der Waals surface area contributed by atoms with Crippen molar-refractivity contribution in [1.82, 2.24) is 0 Å². The van der Waals surface area contributed by atoms with Crippen LogP contribution in [0.2, 0.25) is 0 Å². The lowest BCUT2D eigenvalue weighted by Crippen LogP contribution is -2.38. The van der Waals surface area contributed by atoms with Gasteiger partial charge in [-0.2, -0.15) is 0 Å². The molecule has 5 aliphatic carbocycles. The highest BCUT2D eigenvalue weighted by Crippen LogP contribution is 2.56. The Bertz CT molecular complexity index is 254. The van der Waals surface area contributed by atoms with Gasteiger partial charge in [0.25, 0.3) is 0 Å². The van der Waals surface area contributed by atoms with Crippen molar-refractivity contribution < 1.29 is 0 Å². The van der Waals surface area contributed by atoms with E-state index in [0.717, 1.165) is 29.6 Å². The second-order valence-corrected chi connectivity index (χ2v) is 7.13. The maximum atomic E-state index is 2.02.